The molecule has 0 bridgehead atoms. The average molecular weight is 379 g/mol. The molecule has 0 spiro atoms. The van der Waals surface area contributed by atoms with Crippen molar-refractivity contribution in [1.29, 1.82) is 0 Å². The predicted molar refractivity (Wildman–Crippen MR) is 95.4 cm³/mol. The maximum atomic E-state index is 12.0. The molecule has 2 amide bonds. The van der Waals surface area contributed by atoms with Crippen LogP contribution in [0.1, 0.15) is 12.5 Å². The van der Waals surface area contributed by atoms with E-state index < -0.39 is 0 Å². The molecule has 1 aromatic rings. The summed E-state index contributed by atoms with van der Waals surface area (Å²) >= 11 is 0. The summed E-state index contributed by atoms with van der Waals surface area (Å²) in [4.78, 5) is 29.4. The molecule has 1 atom stereocenters. The number of ether oxygens (including phenoxy) is 1. The van der Waals surface area contributed by atoms with Gasteiger partial charge in [-0.25, -0.2) is 0 Å². The number of halogens is 2. The van der Waals surface area contributed by atoms with Crippen LogP contribution in [-0.2, 0) is 20.9 Å². The summed E-state index contributed by atoms with van der Waals surface area (Å²) in [5.74, 6) is -0.320. The molecule has 24 heavy (non-hydrogen) atoms. The molecule has 0 unspecified atom stereocenters. The van der Waals surface area contributed by atoms with Crippen LogP contribution in [0.25, 0.3) is 0 Å². The molecule has 2 N–H and O–H groups in total. The summed E-state index contributed by atoms with van der Waals surface area (Å²) in [6.45, 7) is 4.47. The molecule has 0 radical (unpaired) electrons. The first-order chi connectivity index (χ1) is 10.7. The van der Waals surface area contributed by atoms with Crippen molar-refractivity contribution < 1.29 is 14.3 Å². The van der Waals surface area contributed by atoms with Crippen molar-refractivity contribution in [3.8, 4) is 0 Å². The zero-order valence-corrected chi connectivity index (χ0v) is 15.2. The van der Waals surface area contributed by atoms with E-state index >= 15 is 0 Å². The van der Waals surface area contributed by atoms with Gasteiger partial charge in [0.2, 0.25) is 11.8 Å². The Morgan fingerprint density at radius 3 is 2.88 bits per heavy atom. The topological polar surface area (TPSA) is 83.6 Å². The number of rotatable bonds is 6. The van der Waals surface area contributed by atoms with E-state index in [0.29, 0.717) is 13.1 Å². The summed E-state index contributed by atoms with van der Waals surface area (Å²) < 4.78 is 5.21. The molecule has 1 fully saturated rings. The molecule has 1 saturated heterocycles. The maximum Gasteiger partial charge on any atom is 0.248 e. The molecule has 2 heterocycles. The van der Waals surface area contributed by atoms with Gasteiger partial charge in [-0.1, -0.05) is 6.07 Å². The lowest BCUT2D eigenvalue weighted by Gasteiger charge is -2.33. The number of carbonyl (C=O) groups is 2. The van der Waals surface area contributed by atoms with Crippen LogP contribution in [0.15, 0.2) is 24.5 Å². The number of aromatic nitrogens is 1. The monoisotopic (exact) mass is 378 g/mol. The SMILES string of the molecule is C[C@@H]1CNCCN1C(=O)COCC(=O)NCc1cccnc1.Cl.Cl. The molecule has 1 aliphatic rings. The van der Waals surface area contributed by atoms with Crippen LogP contribution in [0.3, 0.4) is 0 Å². The standard InChI is InChI=1S/C15H22N4O3.2ClH/c1-12-7-17-5-6-19(12)15(21)11-22-10-14(20)18-9-13-3-2-4-16-8-13;;/h2-4,8,12,17H,5-7,9-11H2,1H3,(H,18,20);2*1H/t12-;;/m1../s1. The third-order valence-electron chi connectivity index (χ3n) is 3.49. The van der Waals surface area contributed by atoms with Gasteiger partial charge in [0.05, 0.1) is 0 Å². The van der Waals surface area contributed by atoms with E-state index in [1.807, 2.05) is 19.1 Å². The van der Waals surface area contributed by atoms with Crippen LogP contribution in [0.2, 0.25) is 0 Å². The van der Waals surface area contributed by atoms with Gasteiger partial charge in [0, 0.05) is 44.6 Å². The smallest absolute Gasteiger partial charge is 0.248 e. The van der Waals surface area contributed by atoms with Gasteiger partial charge in [-0.2, -0.15) is 0 Å². The highest BCUT2D eigenvalue weighted by atomic mass is 35.5. The Hall–Kier alpha value is -1.41. The first-order valence-electron chi connectivity index (χ1n) is 7.40. The van der Waals surface area contributed by atoms with Gasteiger partial charge in [0.1, 0.15) is 13.2 Å². The molecule has 0 aromatic carbocycles. The van der Waals surface area contributed by atoms with Crippen molar-refractivity contribution >= 4 is 36.6 Å². The second kappa shape index (κ2) is 12.0. The second-order valence-electron chi connectivity index (χ2n) is 5.27. The summed E-state index contributed by atoms with van der Waals surface area (Å²) in [6, 6.07) is 3.85. The van der Waals surface area contributed by atoms with Gasteiger partial charge >= 0.3 is 0 Å². The van der Waals surface area contributed by atoms with Crippen LogP contribution >= 0.6 is 24.8 Å². The minimum absolute atomic E-state index is 0. The van der Waals surface area contributed by atoms with Crippen LogP contribution in [0.5, 0.6) is 0 Å². The summed E-state index contributed by atoms with van der Waals surface area (Å²) in [5.41, 5.74) is 0.918. The highest BCUT2D eigenvalue weighted by Gasteiger charge is 2.22. The normalized spacial score (nSPS) is 16.5. The summed E-state index contributed by atoms with van der Waals surface area (Å²) in [7, 11) is 0. The van der Waals surface area contributed by atoms with Crippen molar-refractivity contribution in [3.63, 3.8) is 0 Å². The Morgan fingerprint density at radius 1 is 1.42 bits per heavy atom. The van der Waals surface area contributed by atoms with Crippen molar-refractivity contribution in [2.75, 3.05) is 32.8 Å². The first-order valence-corrected chi connectivity index (χ1v) is 7.40. The van der Waals surface area contributed by atoms with E-state index in [1.54, 1.807) is 17.3 Å². The third kappa shape index (κ3) is 7.44. The van der Waals surface area contributed by atoms with Gasteiger partial charge in [-0.05, 0) is 18.6 Å². The summed E-state index contributed by atoms with van der Waals surface area (Å²) in [6.07, 6.45) is 3.37. The van der Waals surface area contributed by atoms with Gasteiger partial charge < -0.3 is 20.3 Å². The molecule has 2 rings (SSSR count). The zero-order chi connectivity index (χ0) is 15.8. The van der Waals surface area contributed by atoms with E-state index in [-0.39, 0.29) is 55.9 Å². The number of amides is 2. The summed E-state index contributed by atoms with van der Waals surface area (Å²) in [5, 5.41) is 5.94. The van der Waals surface area contributed by atoms with Crippen LogP contribution in [-0.4, -0.2) is 60.6 Å². The van der Waals surface area contributed by atoms with Gasteiger partial charge in [0.25, 0.3) is 0 Å². The molecule has 9 heteroatoms. The third-order valence-corrected chi connectivity index (χ3v) is 3.49. The number of hydrogen-bond donors (Lipinski definition) is 2. The lowest BCUT2D eigenvalue weighted by Crippen LogP contribution is -2.53. The van der Waals surface area contributed by atoms with E-state index in [0.717, 1.165) is 18.7 Å². The van der Waals surface area contributed by atoms with Gasteiger partial charge in [-0.3, -0.25) is 14.6 Å². The minimum Gasteiger partial charge on any atom is -0.362 e. The number of hydrogen-bond acceptors (Lipinski definition) is 5. The number of piperazine rings is 1. The Kier molecular flexibility index (Phi) is 11.3. The molecule has 0 saturated carbocycles. The minimum atomic E-state index is -0.245. The molecule has 7 nitrogen and oxygen atoms in total. The van der Waals surface area contributed by atoms with Crippen LogP contribution in [0, 0.1) is 0 Å². The second-order valence-corrected chi connectivity index (χ2v) is 5.27. The fourth-order valence-corrected chi connectivity index (χ4v) is 2.28. The molecule has 1 aliphatic heterocycles. The number of carbonyl (C=O) groups excluding carboxylic acids is 2. The quantitative estimate of drug-likeness (QED) is 0.747. The lowest BCUT2D eigenvalue weighted by molar-refractivity contribution is -0.140. The van der Waals surface area contributed by atoms with Crippen LogP contribution < -0.4 is 10.6 Å². The zero-order valence-electron chi connectivity index (χ0n) is 13.6. The maximum absolute atomic E-state index is 12.0. The largest absolute Gasteiger partial charge is 0.362 e. The fourth-order valence-electron chi connectivity index (χ4n) is 2.28. The molecule has 1 aromatic heterocycles. The van der Waals surface area contributed by atoms with E-state index in [9.17, 15) is 9.59 Å². The van der Waals surface area contributed by atoms with Crippen molar-refractivity contribution in [3.05, 3.63) is 30.1 Å². The molecule has 136 valence electrons. The molecular weight excluding hydrogens is 355 g/mol. The molecular formula is C15H24Cl2N4O3. The highest BCUT2D eigenvalue weighted by molar-refractivity contribution is 5.85. The van der Waals surface area contributed by atoms with Crippen molar-refractivity contribution in [2.45, 2.75) is 19.5 Å². The fraction of sp³-hybridized carbons (Fsp3) is 0.533. The molecule has 0 aliphatic carbocycles. The lowest BCUT2D eigenvalue weighted by atomic mass is 10.2. The van der Waals surface area contributed by atoms with Gasteiger partial charge in [0.15, 0.2) is 0 Å². The Balaban J connectivity index is 0.00000264. The van der Waals surface area contributed by atoms with Crippen molar-refractivity contribution in [2.24, 2.45) is 0 Å². The Bertz CT molecular complexity index is 505. The first kappa shape index (κ1) is 22.6. The predicted octanol–water partition coefficient (Wildman–Crippen LogP) is 0.378. The van der Waals surface area contributed by atoms with Crippen LogP contribution in [0.4, 0.5) is 0 Å². The average Bonchev–Trinajstić information content (AvgIpc) is 2.54. The highest BCUT2D eigenvalue weighted by Crippen LogP contribution is 2.03. The van der Waals surface area contributed by atoms with E-state index in [1.165, 1.54) is 0 Å². The number of nitrogens with zero attached hydrogens (tertiary/aromatic N) is 2. The van der Waals surface area contributed by atoms with Gasteiger partial charge in [-0.15, -0.1) is 24.8 Å². The number of pyridine rings is 1. The number of nitrogens with one attached hydrogen (secondary N) is 2. The van der Waals surface area contributed by atoms with E-state index in [4.69, 9.17) is 4.74 Å². The van der Waals surface area contributed by atoms with E-state index in [2.05, 4.69) is 15.6 Å². The van der Waals surface area contributed by atoms with Crippen molar-refractivity contribution in [1.82, 2.24) is 20.5 Å². The Labute approximate surface area is 154 Å². The Morgan fingerprint density at radius 2 is 2.21 bits per heavy atom.